The third-order valence-corrected chi connectivity index (χ3v) is 6.92. The second-order valence-corrected chi connectivity index (χ2v) is 9.09. The molecule has 0 aromatic heterocycles. The van der Waals surface area contributed by atoms with Crippen LogP contribution in [0.2, 0.25) is 0 Å². The molecule has 0 aliphatic heterocycles. The lowest BCUT2D eigenvalue weighted by molar-refractivity contribution is -0.0498. The number of alkyl halides is 2. The summed E-state index contributed by atoms with van der Waals surface area (Å²) in [6.45, 7) is -0.693. The van der Waals surface area contributed by atoms with E-state index in [-0.39, 0.29) is 17.1 Å². The first-order chi connectivity index (χ1) is 16.9. The Morgan fingerprint density at radius 2 is 1.63 bits per heavy atom. The first-order valence-electron chi connectivity index (χ1n) is 12.1. The first kappa shape index (κ1) is 25.1. The molecule has 0 N–H and O–H groups in total. The molecule has 0 amide bonds. The van der Waals surface area contributed by atoms with E-state index in [1.165, 1.54) is 31.4 Å². The van der Waals surface area contributed by atoms with Crippen molar-refractivity contribution < 1.29 is 27.0 Å². The van der Waals surface area contributed by atoms with E-state index in [1.807, 2.05) is 0 Å². The van der Waals surface area contributed by atoms with Gasteiger partial charge in [-0.1, -0.05) is 69.4 Å². The first-order valence-corrected chi connectivity index (χ1v) is 12.1. The van der Waals surface area contributed by atoms with Crippen molar-refractivity contribution in [1.82, 2.24) is 0 Å². The number of rotatable bonds is 9. The standard InChI is InChI=1S/C29H29F4O2/c1-2-19-7-9-20(10-8-19)11-16-24-25(30)17-18-27(28(24)31)35-26-6-4-3-5-23(26)21-12-14-22(15-13-21)34-29(32)33/h3-6,12-15,17,19-20,29H,2,7-11,16H2,1H3/t19-,20-. The van der Waals surface area contributed by atoms with Gasteiger partial charge < -0.3 is 9.47 Å². The van der Waals surface area contributed by atoms with Crippen molar-refractivity contribution in [3.63, 3.8) is 0 Å². The summed E-state index contributed by atoms with van der Waals surface area (Å²) < 4.78 is 65.0. The van der Waals surface area contributed by atoms with Gasteiger partial charge in [-0.3, -0.25) is 0 Å². The maximum atomic E-state index is 15.3. The van der Waals surface area contributed by atoms with Gasteiger partial charge in [-0.25, -0.2) is 8.78 Å². The van der Waals surface area contributed by atoms with Crippen molar-refractivity contribution in [2.45, 2.75) is 58.5 Å². The Bertz CT molecular complexity index is 1110. The van der Waals surface area contributed by atoms with E-state index in [2.05, 4.69) is 17.7 Å². The highest BCUT2D eigenvalue weighted by Crippen LogP contribution is 2.37. The molecule has 0 spiro atoms. The highest BCUT2D eigenvalue weighted by molar-refractivity contribution is 5.71. The normalized spacial score (nSPS) is 18.0. The minimum Gasteiger partial charge on any atom is -0.453 e. The highest BCUT2D eigenvalue weighted by atomic mass is 19.3. The number of para-hydroxylation sites is 1. The van der Waals surface area contributed by atoms with Crippen molar-refractivity contribution in [2.24, 2.45) is 11.8 Å². The monoisotopic (exact) mass is 485 g/mol. The summed E-state index contributed by atoms with van der Waals surface area (Å²) >= 11 is 0. The minimum absolute atomic E-state index is 0.0300. The molecule has 1 aliphatic carbocycles. The second kappa shape index (κ2) is 11.6. The molecule has 35 heavy (non-hydrogen) atoms. The average Bonchev–Trinajstić information content (AvgIpc) is 2.86. The van der Waals surface area contributed by atoms with E-state index in [0.717, 1.165) is 31.2 Å². The van der Waals surface area contributed by atoms with Crippen LogP contribution in [0.1, 0.15) is 51.0 Å². The summed E-state index contributed by atoms with van der Waals surface area (Å²) in [6, 6.07) is 16.7. The molecule has 1 aliphatic rings. The van der Waals surface area contributed by atoms with Crippen LogP contribution in [0.25, 0.3) is 11.1 Å². The van der Waals surface area contributed by atoms with Crippen molar-refractivity contribution in [3.05, 3.63) is 77.9 Å². The average molecular weight is 486 g/mol. The topological polar surface area (TPSA) is 18.5 Å². The van der Waals surface area contributed by atoms with Crippen LogP contribution in [0.4, 0.5) is 17.6 Å². The SMILES string of the molecule is CC[C@H]1CC[C@H](CCc2c(F)c[c]c(Oc3ccccc3-c3ccc(OC(F)F)cc3)c2F)CC1. The Hall–Kier alpha value is -3.02. The Morgan fingerprint density at radius 1 is 0.943 bits per heavy atom. The maximum Gasteiger partial charge on any atom is 0.387 e. The quantitative estimate of drug-likeness (QED) is 0.282. The van der Waals surface area contributed by atoms with Crippen LogP contribution in [-0.4, -0.2) is 6.61 Å². The molecule has 3 aromatic carbocycles. The molecule has 2 nitrogen and oxygen atoms in total. The van der Waals surface area contributed by atoms with E-state index in [9.17, 15) is 13.2 Å². The molecular formula is C29H29F4O2. The van der Waals surface area contributed by atoms with Gasteiger partial charge in [-0.15, -0.1) is 0 Å². The number of hydrogen-bond acceptors (Lipinski definition) is 2. The van der Waals surface area contributed by atoms with Gasteiger partial charge in [0.1, 0.15) is 17.3 Å². The zero-order valence-corrected chi connectivity index (χ0v) is 19.7. The van der Waals surface area contributed by atoms with E-state index in [1.54, 1.807) is 36.4 Å². The molecular weight excluding hydrogens is 456 g/mol. The van der Waals surface area contributed by atoms with Gasteiger partial charge in [0, 0.05) is 17.2 Å². The van der Waals surface area contributed by atoms with Gasteiger partial charge in [0.05, 0.1) is 0 Å². The smallest absolute Gasteiger partial charge is 0.387 e. The van der Waals surface area contributed by atoms with Crippen molar-refractivity contribution in [3.8, 4) is 28.4 Å². The van der Waals surface area contributed by atoms with Crippen LogP contribution in [0.3, 0.4) is 0 Å². The van der Waals surface area contributed by atoms with Crippen LogP contribution < -0.4 is 9.47 Å². The Morgan fingerprint density at radius 3 is 2.31 bits per heavy atom. The van der Waals surface area contributed by atoms with Gasteiger partial charge in [0.2, 0.25) is 0 Å². The molecule has 0 atom stereocenters. The predicted molar refractivity (Wildman–Crippen MR) is 128 cm³/mol. The fraction of sp³-hybridized carbons (Fsp3) is 0.379. The zero-order valence-electron chi connectivity index (χ0n) is 19.7. The molecule has 1 fully saturated rings. The third kappa shape index (κ3) is 6.36. The van der Waals surface area contributed by atoms with Gasteiger partial charge in [-0.05, 0) is 54.5 Å². The lowest BCUT2D eigenvalue weighted by Crippen LogP contribution is -2.15. The number of ether oxygens (including phenoxy) is 2. The summed E-state index contributed by atoms with van der Waals surface area (Å²) in [7, 11) is 0. The van der Waals surface area contributed by atoms with Crippen LogP contribution in [0.15, 0.2) is 54.6 Å². The fourth-order valence-electron chi connectivity index (χ4n) is 4.82. The van der Waals surface area contributed by atoms with E-state index in [4.69, 9.17) is 4.74 Å². The molecule has 1 radical (unpaired) electrons. The van der Waals surface area contributed by atoms with Gasteiger partial charge in [-0.2, -0.15) is 8.78 Å². The fourth-order valence-corrected chi connectivity index (χ4v) is 4.82. The molecule has 0 unspecified atom stereocenters. The predicted octanol–water partition coefficient (Wildman–Crippen LogP) is 8.97. The molecule has 185 valence electrons. The molecule has 0 saturated heterocycles. The van der Waals surface area contributed by atoms with Gasteiger partial charge in [0.15, 0.2) is 11.6 Å². The Balaban J connectivity index is 1.50. The number of halogens is 4. The largest absolute Gasteiger partial charge is 0.453 e. The van der Waals surface area contributed by atoms with Crippen LogP contribution in [0.5, 0.6) is 17.2 Å². The summed E-state index contributed by atoms with van der Waals surface area (Å²) in [5, 5.41) is 0. The molecule has 6 heteroatoms. The van der Waals surface area contributed by atoms with Gasteiger partial charge in [0.25, 0.3) is 0 Å². The zero-order chi connectivity index (χ0) is 24.8. The number of hydrogen-bond donors (Lipinski definition) is 0. The summed E-state index contributed by atoms with van der Waals surface area (Å²) in [4.78, 5) is 0. The van der Waals surface area contributed by atoms with Crippen LogP contribution in [-0.2, 0) is 6.42 Å². The molecule has 3 aromatic rings. The summed E-state index contributed by atoms with van der Waals surface area (Å²) in [5.41, 5.74) is 1.33. The van der Waals surface area contributed by atoms with Crippen molar-refractivity contribution in [1.29, 1.82) is 0 Å². The van der Waals surface area contributed by atoms with E-state index in [0.29, 0.717) is 29.2 Å². The van der Waals surface area contributed by atoms with Gasteiger partial charge >= 0.3 is 6.61 Å². The van der Waals surface area contributed by atoms with Crippen molar-refractivity contribution >= 4 is 0 Å². The second-order valence-electron chi connectivity index (χ2n) is 9.09. The van der Waals surface area contributed by atoms with Crippen LogP contribution >= 0.6 is 0 Å². The molecule has 0 bridgehead atoms. The summed E-state index contributed by atoms with van der Waals surface area (Å²) in [6.07, 6.45) is 6.86. The van der Waals surface area contributed by atoms with E-state index >= 15 is 4.39 Å². The molecule has 4 rings (SSSR count). The number of benzene rings is 3. The lowest BCUT2D eigenvalue weighted by atomic mass is 9.78. The van der Waals surface area contributed by atoms with Crippen molar-refractivity contribution in [2.75, 3.05) is 0 Å². The summed E-state index contributed by atoms with van der Waals surface area (Å²) in [5.74, 6) is 0.138. The Kier molecular flexibility index (Phi) is 8.32. The minimum atomic E-state index is -2.91. The highest BCUT2D eigenvalue weighted by Gasteiger charge is 2.22. The van der Waals surface area contributed by atoms with Crippen LogP contribution in [0, 0.1) is 29.5 Å². The molecule has 0 heterocycles. The third-order valence-electron chi connectivity index (χ3n) is 6.92. The lowest BCUT2D eigenvalue weighted by Gasteiger charge is -2.27. The van der Waals surface area contributed by atoms with E-state index < -0.39 is 18.2 Å². The maximum absolute atomic E-state index is 15.3. The molecule has 1 saturated carbocycles. The Labute approximate surface area is 203 Å².